The SMILES string of the molecule is C=C(C)CNc1cn(C)nc1CC. The molecule has 0 spiro atoms. The second-order valence-electron chi connectivity index (χ2n) is 3.33. The molecule has 0 aromatic carbocycles. The highest BCUT2D eigenvalue weighted by atomic mass is 15.3. The van der Waals surface area contributed by atoms with Gasteiger partial charge in [0.05, 0.1) is 11.4 Å². The van der Waals surface area contributed by atoms with Crippen molar-refractivity contribution < 1.29 is 0 Å². The largest absolute Gasteiger partial charge is 0.379 e. The molecular weight excluding hydrogens is 162 g/mol. The van der Waals surface area contributed by atoms with E-state index in [1.165, 1.54) is 0 Å². The summed E-state index contributed by atoms with van der Waals surface area (Å²) < 4.78 is 1.83. The summed E-state index contributed by atoms with van der Waals surface area (Å²) in [5, 5.41) is 7.63. The van der Waals surface area contributed by atoms with Gasteiger partial charge < -0.3 is 5.32 Å². The van der Waals surface area contributed by atoms with E-state index >= 15 is 0 Å². The van der Waals surface area contributed by atoms with Crippen LogP contribution in [-0.4, -0.2) is 16.3 Å². The summed E-state index contributed by atoms with van der Waals surface area (Å²) in [6.07, 6.45) is 2.96. The van der Waals surface area contributed by atoms with Gasteiger partial charge >= 0.3 is 0 Å². The maximum Gasteiger partial charge on any atom is 0.0853 e. The van der Waals surface area contributed by atoms with Crippen LogP contribution in [0.2, 0.25) is 0 Å². The van der Waals surface area contributed by atoms with Crippen molar-refractivity contribution in [2.24, 2.45) is 7.05 Å². The zero-order valence-electron chi connectivity index (χ0n) is 8.59. The van der Waals surface area contributed by atoms with Crippen molar-refractivity contribution in [2.45, 2.75) is 20.3 Å². The third-order valence-corrected chi connectivity index (χ3v) is 1.82. The van der Waals surface area contributed by atoms with Gasteiger partial charge in [-0.05, 0) is 13.3 Å². The minimum Gasteiger partial charge on any atom is -0.379 e. The predicted octanol–water partition coefficient (Wildman–Crippen LogP) is 1.97. The Labute approximate surface area is 79.5 Å². The molecule has 1 rings (SSSR count). The van der Waals surface area contributed by atoms with E-state index in [1.54, 1.807) is 0 Å². The van der Waals surface area contributed by atoms with Gasteiger partial charge in [0, 0.05) is 19.8 Å². The molecule has 3 heteroatoms. The minimum absolute atomic E-state index is 0.818. The molecule has 1 aromatic heterocycles. The fourth-order valence-electron chi connectivity index (χ4n) is 1.19. The van der Waals surface area contributed by atoms with Crippen molar-refractivity contribution in [1.29, 1.82) is 0 Å². The third kappa shape index (κ3) is 2.61. The molecule has 0 aliphatic rings. The van der Waals surface area contributed by atoms with Crippen LogP contribution in [0.4, 0.5) is 5.69 Å². The zero-order valence-corrected chi connectivity index (χ0v) is 8.59. The molecule has 1 aromatic rings. The van der Waals surface area contributed by atoms with Crippen LogP contribution in [0.15, 0.2) is 18.3 Å². The maximum absolute atomic E-state index is 4.33. The maximum atomic E-state index is 4.33. The molecule has 0 atom stereocenters. The molecule has 13 heavy (non-hydrogen) atoms. The minimum atomic E-state index is 0.818. The Morgan fingerprint density at radius 2 is 2.38 bits per heavy atom. The summed E-state index contributed by atoms with van der Waals surface area (Å²) in [6, 6.07) is 0. The molecule has 0 bridgehead atoms. The lowest BCUT2D eigenvalue weighted by atomic mass is 10.3. The van der Waals surface area contributed by atoms with Gasteiger partial charge in [-0.15, -0.1) is 0 Å². The molecule has 0 saturated heterocycles. The first-order valence-corrected chi connectivity index (χ1v) is 4.54. The number of hydrogen-bond acceptors (Lipinski definition) is 2. The number of anilines is 1. The van der Waals surface area contributed by atoms with Gasteiger partial charge in [0.2, 0.25) is 0 Å². The molecule has 0 radical (unpaired) electrons. The van der Waals surface area contributed by atoms with E-state index in [0.29, 0.717) is 0 Å². The molecule has 1 N–H and O–H groups in total. The van der Waals surface area contributed by atoms with Crippen LogP contribution in [0.1, 0.15) is 19.5 Å². The lowest BCUT2D eigenvalue weighted by Crippen LogP contribution is -2.02. The first kappa shape index (κ1) is 9.84. The number of nitrogens with zero attached hydrogens (tertiary/aromatic N) is 2. The van der Waals surface area contributed by atoms with Gasteiger partial charge in [-0.25, -0.2) is 0 Å². The highest BCUT2D eigenvalue weighted by Crippen LogP contribution is 2.13. The van der Waals surface area contributed by atoms with E-state index in [4.69, 9.17) is 0 Å². The lowest BCUT2D eigenvalue weighted by Gasteiger charge is -2.03. The van der Waals surface area contributed by atoms with Gasteiger partial charge in [0.15, 0.2) is 0 Å². The smallest absolute Gasteiger partial charge is 0.0853 e. The van der Waals surface area contributed by atoms with Crippen LogP contribution >= 0.6 is 0 Å². The summed E-state index contributed by atoms with van der Waals surface area (Å²) in [5.74, 6) is 0. The summed E-state index contributed by atoms with van der Waals surface area (Å²) in [4.78, 5) is 0. The molecule has 0 amide bonds. The summed E-state index contributed by atoms with van der Waals surface area (Å²) in [6.45, 7) is 8.78. The number of aromatic nitrogens is 2. The molecule has 3 nitrogen and oxygen atoms in total. The summed E-state index contributed by atoms with van der Waals surface area (Å²) in [5.41, 5.74) is 3.36. The monoisotopic (exact) mass is 179 g/mol. The Morgan fingerprint density at radius 3 is 2.92 bits per heavy atom. The molecule has 0 saturated carbocycles. The van der Waals surface area contributed by atoms with Crippen LogP contribution in [0, 0.1) is 0 Å². The van der Waals surface area contributed by atoms with Crippen molar-refractivity contribution in [3.8, 4) is 0 Å². The second kappa shape index (κ2) is 4.12. The van der Waals surface area contributed by atoms with Crippen LogP contribution in [0.25, 0.3) is 0 Å². The van der Waals surface area contributed by atoms with Crippen LogP contribution in [-0.2, 0) is 13.5 Å². The summed E-state index contributed by atoms with van der Waals surface area (Å²) >= 11 is 0. The van der Waals surface area contributed by atoms with Crippen molar-refractivity contribution in [2.75, 3.05) is 11.9 Å². The fourth-order valence-corrected chi connectivity index (χ4v) is 1.19. The number of aryl methyl sites for hydroxylation is 2. The van der Waals surface area contributed by atoms with E-state index < -0.39 is 0 Å². The Bertz CT molecular complexity index is 299. The van der Waals surface area contributed by atoms with Crippen molar-refractivity contribution in [3.63, 3.8) is 0 Å². The van der Waals surface area contributed by atoms with Gasteiger partial charge in [0.1, 0.15) is 0 Å². The number of nitrogens with one attached hydrogen (secondary N) is 1. The molecular formula is C10H17N3. The lowest BCUT2D eigenvalue weighted by molar-refractivity contribution is 0.746. The Morgan fingerprint density at radius 1 is 1.69 bits per heavy atom. The van der Waals surface area contributed by atoms with Gasteiger partial charge in [-0.1, -0.05) is 19.1 Å². The highest BCUT2D eigenvalue weighted by Gasteiger charge is 2.03. The topological polar surface area (TPSA) is 29.9 Å². The Balaban J connectivity index is 2.69. The normalized spacial score (nSPS) is 10.1. The molecule has 0 unspecified atom stereocenters. The molecule has 0 aliphatic carbocycles. The van der Waals surface area contributed by atoms with Crippen LogP contribution < -0.4 is 5.32 Å². The Hall–Kier alpha value is -1.25. The first-order chi connectivity index (χ1) is 6.13. The van der Waals surface area contributed by atoms with Crippen molar-refractivity contribution >= 4 is 5.69 Å². The van der Waals surface area contributed by atoms with E-state index in [-0.39, 0.29) is 0 Å². The van der Waals surface area contributed by atoms with Crippen molar-refractivity contribution in [3.05, 3.63) is 24.0 Å². The highest BCUT2D eigenvalue weighted by molar-refractivity contribution is 5.47. The third-order valence-electron chi connectivity index (χ3n) is 1.82. The molecule has 1 heterocycles. The molecule has 72 valence electrons. The van der Waals surface area contributed by atoms with Gasteiger partial charge in [-0.2, -0.15) is 5.10 Å². The number of rotatable bonds is 4. The first-order valence-electron chi connectivity index (χ1n) is 4.54. The van der Waals surface area contributed by atoms with Crippen LogP contribution in [0.5, 0.6) is 0 Å². The van der Waals surface area contributed by atoms with E-state index in [2.05, 4.69) is 23.9 Å². The molecule has 0 fully saturated rings. The fraction of sp³-hybridized carbons (Fsp3) is 0.500. The standard InChI is InChI=1S/C10H17N3/c1-5-9-10(7-13(4)12-9)11-6-8(2)3/h7,11H,2,5-6H2,1,3-4H3. The van der Waals surface area contributed by atoms with Crippen molar-refractivity contribution in [1.82, 2.24) is 9.78 Å². The van der Waals surface area contributed by atoms with E-state index in [0.717, 1.165) is 29.9 Å². The zero-order chi connectivity index (χ0) is 9.84. The predicted molar refractivity (Wildman–Crippen MR) is 55.9 cm³/mol. The van der Waals surface area contributed by atoms with E-state index in [1.807, 2.05) is 24.9 Å². The quantitative estimate of drug-likeness (QED) is 0.716. The average molecular weight is 179 g/mol. The van der Waals surface area contributed by atoms with Crippen LogP contribution in [0.3, 0.4) is 0 Å². The van der Waals surface area contributed by atoms with Gasteiger partial charge in [0.25, 0.3) is 0 Å². The summed E-state index contributed by atoms with van der Waals surface area (Å²) in [7, 11) is 1.94. The van der Waals surface area contributed by atoms with E-state index in [9.17, 15) is 0 Å². The van der Waals surface area contributed by atoms with Gasteiger partial charge in [-0.3, -0.25) is 4.68 Å². The number of hydrogen-bond donors (Lipinski definition) is 1. The molecule has 0 aliphatic heterocycles. The Kier molecular flexibility index (Phi) is 3.12. The second-order valence-corrected chi connectivity index (χ2v) is 3.33. The average Bonchev–Trinajstić information content (AvgIpc) is 2.42.